The number of benzene rings is 2. The van der Waals surface area contributed by atoms with Crippen molar-refractivity contribution >= 4 is 17.5 Å². The number of nitrogens with one attached hydrogen (secondary N) is 1. The number of aryl methyl sites for hydroxylation is 2. The molecule has 0 spiro atoms. The van der Waals surface area contributed by atoms with Crippen LogP contribution in [0.4, 0.5) is 0 Å². The second-order valence-corrected chi connectivity index (χ2v) is 7.96. The van der Waals surface area contributed by atoms with Crippen molar-refractivity contribution in [2.45, 2.75) is 39.2 Å². The summed E-state index contributed by atoms with van der Waals surface area (Å²) in [6.45, 7) is 6.64. The van der Waals surface area contributed by atoms with E-state index < -0.39 is 0 Å². The van der Waals surface area contributed by atoms with Crippen molar-refractivity contribution in [1.29, 1.82) is 0 Å². The molecule has 150 valence electrons. The first-order valence-corrected chi connectivity index (χ1v) is 10.4. The molecular formula is C23H29ClN2O2. The number of carbonyl (C=O) groups excluding carboxylic acids is 1. The molecule has 0 aliphatic carbocycles. The summed E-state index contributed by atoms with van der Waals surface area (Å²) >= 11 is 6.46. The van der Waals surface area contributed by atoms with Crippen molar-refractivity contribution in [2.75, 3.05) is 26.2 Å². The van der Waals surface area contributed by atoms with Crippen LogP contribution in [0.2, 0.25) is 5.02 Å². The first-order valence-electron chi connectivity index (χ1n) is 9.99. The summed E-state index contributed by atoms with van der Waals surface area (Å²) in [6, 6.07) is 14.0. The Balaban J connectivity index is 1.61. The summed E-state index contributed by atoms with van der Waals surface area (Å²) in [6.07, 6.45) is 3.64. The van der Waals surface area contributed by atoms with Gasteiger partial charge in [0.15, 0.2) is 6.61 Å². The largest absolute Gasteiger partial charge is 0.484 e. The van der Waals surface area contributed by atoms with E-state index in [0.29, 0.717) is 6.54 Å². The average molecular weight is 401 g/mol. The van der Waals surface area contributed by atoms with Gasteiger partial charge >= 0.3 is 0 Å². The molecule has 1 atom stereocenters. The minimum Gasteiger partial charge on any atom is -0.484 e. The molecular weight excluding hydrogens is 372 g/mol. The number of likely N-dealkylation sites (tertiary alicyclic amines) is 1. The highest BCUT2D eigenvalue weighted by Crippen LogP contribution is 2.29. The number of hydrogen-bond donors (Lipinski definition) is 1. The van der Waals surface area contributed by atoms with Crippen LogP contribution in [0.5, 0.6) is 5.75 Å². The standard InChI is InChI=1S/C23H29ClN2O2/c1-17-12-18(2)14-19(13-17)28-16-23(27)25-15-22(26-10-6-3-7-11-26)20-8-4-5-9-21(20)24/h4-5,8-9,12-14,22H,3,6-7,10-11,15-16H2,1-2H3,(H,25,27)/t22-/m1/s1. The van der Waals surface area contributed by atoms with Crippen molar-refractivity contribution in [3.63, 3.8) is 0 Å². The highest BCUT2D eigenvalue weighted by Gasteiger charge is 2.24. The summed E-state index contributed by atoms with van der Waals surface area (Å²) < 4.78 is 5.68. The molecule has 0 saturated carbocycles. The molecule has 28 heavy (non-hydrogen) atoms. The first kappa shape index (κ1) is 20.7. The Labute approximate surface area is 172 Å². The molecule has 5 heteroatoms. The normalized spacial score (nSPS) is 15.8. The van der Waals surface area contributed by atoms with Crippen LogP contribution in [0.1, 0.15) is 42.0 Å². The molecule has 2 aromatic carbocycles. The highest BCUT2D eigenvalue weighted by molar-refractivity contribution is 6.31. The molecule has 1 amide bonds. The second kappa shape index (κ2) is 9.94. The first-order chi connectivity index (χ1) is 13.5. The zero-order valence-electron chi connectivity index (χ0n) is 16.7. The van der Waals surface area contributed by atoms with Gasteiger partial charge in [-0.3, -0.25) is 9.69 Å². The molecule has 0 radical (unpaired) electrons. The van der Waals surface area contributed by atoms with Crippen LogP contribution in [0.25, 0.3) is 0 Å². The summed E-state index contributed by atoms with van der Waals surface area (Å²) in [4.78, 5) is 14.8. The molecule has 3 rings (SSSR count). The molecule has 0 aromatic heterocycles. The van der Waals surface area contributed by atoms with Gasteiger partial charge in [-0.05, 0) is 74.7 Å². The van der Waals surface area contributed by atoms with E-state index in [0.717, 1.165) is 40.6 Å². The van der Waals surface area contributed by atoms with Gasteiger partial charge in [-0.25, -0.2) is 0 Å². The van der Waals surface area contributed by atoms with Crippen LogP contribution in [0, 0.1) is 13.8 Å². The summed E-state index contributed by atoms with van der Waals surface area (Å²) in [5.74, 6) is 0.611. The van der Waals surface area contributed by atoms with Gasteiger partial charge in [-0.15, -0.1) is 0 Å². The Kier molecular flexibility index (Phi) is 7.35. The van der Waals surface area contributed by atoms with Gasteiger partial charge < -0.3 is 10.1 Å². The molecule has 1 heterocycles. The lowest BCUT2D eigenvalue weighted by atomic mass is 10.0. The topological polar surface area (TPSA) is 41.6 Å². The Morgan fingerprint density at radius 1 is 1.11 bits per heavy atom. The molecule has 4 nitrogen and oxygen atoms in total. The van der Waals surface area contributed by atoms with Gasteiger partial charge in [0.05, 0.1) is 6.04 Å². The molecule has 1 aliphatic rings. The lowest BCUT2D eigenvalue weighted by molar-refractivity contribution is -0.123. The Morgan fingerprint density at radius 2 is 1.79 bits per heavy atom. The van der Waals surface area contributed by atoms with Crippen molar-refractivity contribution in [2.24, 2.45) is 0 Å². The van der Waals surface area contributed by atoms with E-state index in [1.165, 1.54) is 19.3 Å². The van der Waals surface area contributed by atoms with E-state index in [-0.39, 0.29) is 18.6 Å². The third-order valence-corrected chi connectivity index (χ3v) is 5.50. The second-order valence-electron chi connectivity index (χ2n) is 7.55. The van der Waals surface area contributed by atoms with Gasteiger partial charge in [0.25, 0.3) is 5.91 Å². The van der Waals surface area contributed by atoms with Crippen LogP contribution in [-0.2, 0) is 4.79 Å². The monoisotopic (exact) mass is 400 g/mol. The van der Waals surface area contributed by atoms with Gasteiger partial charge in [0.1, 0.15) is 5.75 Å². The lowest BCUT2D eigenvalue weighted by Gasteiger charge is -2.35. The number of hydrogen-bond acceptors (Lipinski definition) is 3. The fourth-order valence-electron chi connectivity index (χ4n) is 3.84. The Bertz CT molecular complexity index is 783. The average Bonchev–Trinajstić information content (AvgIpc) is 2.68. The summed E-state index contributed by atoms with van der Waals surface area (Å²) in [5.41, 5.74) is 3.32. The zero-order valence-corrected chi connectivity index (χ0v) is 17.5. The maximum atomic E-state index is 12.4. The smallest absolute Gasteiger partial charge is 0.258 e. The maximum absolute atomic E-state index is 12.4. The van der Waals surface area contributed by atoms with Crippen LogP contribution in [-0.4, -0.2) is 37.0 Å². The molecule has 1 fully saturated rings. The fraction of sp³-hybridized carbons (Fsp3) is 0.435. The lowest BCUT2D eigenvalue weighted by Crippen LogP contribution is -2.41. The number of nitrogens with zero attached hydrogens (tertiary/aromatic N) is 1. The zero-order chi connectivity index (χ0) is 19.9. The molecule has 0 bridgehead atoms. The quantitative estimate of drug-likeness (QED) is 0.733. The van der Waals surface area contributed by atoms with E-state index in [2.05, 4.69) is 22.3 Å². The van der Waals surface area contributed by atoms with E-state index in [1.807, 2.05) is 44.2 Å². The third-order valence-electron chi connectivity index (χ3n) is 5.15. The van der Waals surface area contributed by atoms with E-state index in [1.54, 1.807) is 0 Å². The number of ether oxygens (including phenoxy) is 1. The maximum Gasteiger partial charge on any atom is 0.258 e. The van der Waals surface area contributed by atoms with Gasteiger partial charge in [0.2, 0.25) is 0 Å². The van der Waals surface area contributed by atoms with E-state index >= 15 is 0 Å². The molecule has 1 aliphatic heterocycles. The number of carbonyl (C=O) groups is 1. The number of rotatable bonds is 7. The molecule has 0 unspecified atom stereocenters. The summed E-state index contributed by atoms with van der Waals surface area (Å²) in [5, 5.41) is 3.79. The van der Waals surface area contributed by atoms with Gasteiger partial charge in [0, 0.05) is 11.6 Å². The van der Waals surface area contributed by atoms with Crippen molar-refractivity contribution < 1.29 is 9.53 Å². The predicted octanol–water partition coefficient (Wildman–Crippen LogP) is 4.68. The van der Waals surface area contributed by atoms with Gasteiger partial charge in [-0.1, -0.05) is 42.3 Å². The summed E-state index contributed by atoms with van der Waals surface area (Å²) in [7, 11) is 0. The Morgan fingerprint density at radius 3 is 2.46 bits per heavy atom. The van der Waals surface area contributed by atoms with Crippen LogP contribution in [0.3, 0.4) is 0 Å². The van der Waals surface area contributed by atoms with Crippen molar-refractivity contribution in [3.05, 3.63) is 64.2 Å². The molecule has 2 aromatic rings. The van der Waals surface area contributed by atoms with Crippen molar-refractivity contribution in [1.82, 2.24) is 10.2 Å². The minimum atomic E-state index is -0.117. The minimum absolute atomic E-state index is 0.0120. The van der Waals surface area contributed by atoms with Crippen LogP contribution in [0.15, 0.2) is 42.5 Å². The number of halogens is 1. The third kappa shape index (κ3) is 5.73. The predicted molar refractivity (Wildman–Crippen MR) is 114 cm³/mol. The highest BCUT2D eigenvalue weighted by atomic mass is 35.5. The number of amides is 1. The molecule has 1 saturated heterocycles. The van der Waals surface area contributed by atoms with E-state index in [4.69, 9.17) is 16.3 Å². The van der Waals surface area contributed by atoms with Crippen LogP contribution < -0.4 is 10.1 Å². The Hall–Kier alpha value is -2.04. The molecule has 1 N–H and O–H groups in total. The van der Waals surface area contributed by atoms with Gasteiger partial charge in [-0.2, -0.15) is 0 Å². The fourth-order valence-corrected chi connectivity index (χ4v) is 4.10. The van der Waals surface area contributed by atoms with Crippen molar-refractivity contribution in [3.8, 4) is 5.75 Å². The van der Waals surface area contributed by atoms with E-state index in [9.17, 15) is 4.79 Å². The number of piperidine rings is 1. The SMILES string of the molecule is Cc1cc(C)cc(OCC(=O)NC[C@H](c2ccccc2Cl)N2CCCCC2)c1. The van der Waals surface area contributed by atoms with Crippen LogP contribution >= 0.6 is 11.6 Å².